The summed E-state index contributed by atoms with van der Waals surface area (Å²) in [5.74, 6) is 1.35. The smallest absolute Gasteiger partial charge is 0.266 e. The van der Waals surface area contributed by atoms with Crippen LogP contribution < -0.4 is 26.5 Å². The number of hydrogen-bond donors (Lipinski definition) is 0. The minimum absolute atomic E-state index is 0. The maximum atomic E-state index is 4.09. The summed E-state index contributed by atoms with van der Waals surface area (Å²) in [6.45, 7) is 27.2. The van der Waals surface area contributed by atoms with E-state index in [1.807, 2.05) is 18.2 Å². The molecule has 0 unspecified atom stereocenters. The minimum atomic E-state index is -1.72. The predicted molar refractivity (Wildman–Crippen MR) is 288 cm³/mol. The number of rotatable bonds is 10. The maximum absolute atomic E-state index is 4.09. The van der Waals surface area contributed by atoms with Crippen molar-refractivity contribution in [2.75, 3.05) is 0 Å². The van der Waals surface area contributed by atoms with Gasteiger partial charge in [0.2, 0.25) is 0 Å². The number of allylic oxidation sites excluding steroid dienone is 4. The van der Waals surface area contributed by atoms with E-state index in [0.717, 1.165) is 0 Å². The Balaban J connectivity index is 0.000000444. The summed E-state index contributed by atoms with van der Waals surface area (Å²) in [6.07, 6.45) is 18.8. The minimum Gasteiger partial charge on any atom is -0.330 e. The van der Waals surface area contributed by atoms with E-state index >= 15 is 0 Å². The molecule has 0 N–H and O–H groups in total. The molecule has 0 saturated carbocycles. The molecule has 351 valence electrons. The van der Waals surface area contributed by atoms with Gasteiger partial charge in [0, 0.05) is 26.3 Å². The Bertz CT molecular complexity index is 2470. The molecule has 1 aliphatic carbocycles. The number of para-hydroxylation sites is 2. The first-order valence-electron chi connectivity index (χ1n) is 24.8. The summed E-state index contributed by atoms with van der Waals surface area (Å²) in [5.41, 5.74) is 18.1. The SMILES string of the molecule is C1=C\CC/C=C\CC/1.Cc1ccc([B-](c2ccc(C)cc2)(c2ccc(C)cc2)c2c[n+](-c3c(C(C)C)cccc3C(C)C)[c-]n2-c2c(C(C)C)cccc2C(C)C)cc1.Cc1ccccc1.[Ir]. The number of aromatic nitrogens is 2. The van der Waals surface area contributed by atoms with Gasteiger partial charge < -0.3 is 9.13 Å². The topological polar surface area (TPSA) is 8.81 Å². The molecular weight excluding hydrogens is 988 g/mol. The van der Waals surface area contributed by atoms with Gasteiger partial charge >= 0.3 is 0 Å². The van der Waals surface area contributed by atoms with Crippen molar-refractivity contribution >= 4 is 28.1 Å². The molecule has 8 rings (SSSR count). The molecule has 0 spiro atoms. The summed E-state index contributed by atoms with van der Waals surface area (Å²) < 4.78 is 4.83. The van der Waals surface area contributed by atoms with Gasteiger partial charge in [-0.1, -0.05) is 247 Å². The third kappa shape index (κ3) is 12.6. The molecule has 0 saturated heterocycles. The molecule has 0 atom stereocenters. The first-order valence-corrected chi connectivity index (χ1v) is 24.8. The second-order valence-corrected chi connectivity index (χ2v) is 19.9. The average molecular weight is 1060 g/mol. The van der Waals surface area contributed by atoms with Crippen molar-refractivity contribution in [2.24, 2.45) is 0 Å². The van der Waals surface area contributed by atoms with Gasteiger partial charge in [-0.05, 0) is 99.3 Å². The van der Waals surface area contributed by atoms with Crippen molar-refractivity contribution < 1.29 is 24.7 Å². The molecule has 6 aromatic carbocycles. The number of nitrogens with zero attached hydrogens (tertiary/aromatic N) is 2. The second-order valence-electron chi connectivity index (χ2n) is 19.9. The summed E-state index contributed by atoms with van der Waals surface area (Å²) in [4.78, 5) is 0. The maximum Gasteiger partial charge on any atom is 0.266 e. The van der Waals surface area contributed by atoms with Crippen LogP contribution in [0.15, 0.2) is 170 Å². The molecule has 1 aliphatic rings. The van der Waals surface area contributed by atoms with Gasteiger partial charge in [-0.25, -0.2) is 0 Å². The van der Waals surface area contributed by atoms with Gasteiger partial charge in [-0.2, -0.15) is 16.4 Å². The van der Waals surface area contributed by atoms with Crippen LogP contribution in [0, 0.1) is 34.0 Å². The van der Waals surface area contributed by atoms with Gasteiger partial charge in [-0.15, -0.1) is 0 Å². The summed E-state index contributed by atoms with van der Waals surface area (Å²) in [6, 6.07) is 51.9. The Hall–Kier alpha value is -5.28. The Kier molecular flexibility index (Phi) is 19.4. The zero-order chi connectivity index (χ0) is 47.4. The molecule has 7 aromatic rings. The van der Waals surface area contributed by atoms with Crippen LogP contribution in [-0.4, -0.2) is 10.7 Å². The third-order valence-corrected chi connectivity index (χ3v) is 13.3. The van der Waals surface area contributed by atoms with E-state index in [2.05, 4.69) is 250 Å². The zero-order valence-electron chi connectivity index (χ0n) is 42.6. The zero-order valence-corrected chi connectivity index (χ0v) is 45.0. The van der Waals surface area contributed by atoms with E-state index in [4.69, 9.17) is 0 Å². The van der Waals surface area contributed by atoms with Gasteiger partial charge in [0.1, 0.15) is 6.15 Å². The van der Waals surface area contributed by atoms with Crippen LogP contribution in [0.3, 0.4) is 0 Å². The first kappa shape index (κ1) is 52.7. The standard InChI is InChI=1S/C48H56BN2.C8H12.C7H8.Ir/c1-32(2)42-14-12-15-43(33(3)4)47(42)50-30-46(51(31-50)48-44(34(5)6)16-13-17-45(48)35(7)8)49(39-24-18-36(9)19-25-39,40-26-20-37(10)21-27-40)41-28-22-38(11)23-29-41;1-2-4-6-8-7-5-3-1;1-7-5-3-2-4-6-7;/h12-30,32-35H,1-11H3;1-2,7-8H,3-6H2;2-6H,1H3;/q-1;;;/b;2-1-,8-7-;;. The second kappa shape index (κ2) is 24.7. The fraction of sp³-hybridized carbons (Fsp3) is 0.317. The van der Waals surface area contributed by atoms with E-state index in [-0.39, 0.29) is 20.1 Å². The molecule has 67 heavy (non-hydrogen) atoms. The van der Waals surface area contributed by atoms with Crippen molar-refractivity contribution in [3.05, 3.63) is 221 Å². The Morgan fingerprint density at radius 1 is 0.418 bits per heavy atom. The summed E-state index contributed by atoms with van der Waals surface area (Å²) in [7, 11) is 0. The van der Waals surface area contributed by atoms with Crippen LogP contribution in [0.4, 0.5) is 0 Å². The van der Waals surface area contributed by atoms with E-state index in [1.54, 1.807) is 0 Å². The fourth-order valence-corrected chi connectivity index (χ4v) is 9.59. The van der Waals surface area contributed by atoms with Gasteiger partial charge in [0.05, 0.1) is 11.4 Å². The molecule has 0 amide bonds. The molecule has 1 heterocycles. The third-order valence-electron chi connectivity index (χ3n) is 13.3. The largest absolute Gasteiger partial charge is 0.330 e. The average Bonchev–Trinajstić information content (AvgIpc) is 3.73. The van der Waals surface area contributed by atoms with E-state index < -0.39 is 6.15 Å². The normalized spacial score (nSPS) is 13.5. The van der Waals surface area contributed by atoms with Gasteiger partial charge in [0.15, 0.2) is 0 Å². The van der Waals surface area contributed by atoms with Crippen LogP contribution in [-0.2, 0) is 20.1 Å². The molecule has 0 aliphatic heterocycles. The van der Waals surface area contributed by atoms with Crippen LogP contribution in [0.1, 0.15) is 149 Å². The molecule has 4 heteroatoms. The fourth-order valence-electron chi connectivity index (χ4n) is 9.59. The van der Waals surface area contributed by atoms with E-state index in [9.17, 15) is 0 Å². The summed E-state index contributed by atoms with van der Waals surface area (Å²) >= 11 is 0. The van der Waals surface area contributed by atoms with Crippen LogP contribution in [0.25, 0.3) is 11.4 Å². The summed E-state index contributed by atoms with van der Waals surface area (Å²) in [5, 5.41) is 0. The Labute approximate surface area is 419 Å². The molecule has 2 nitrogen and oxygen atoms in total. The van der Waals surface area contributed by atoms with Crippen LogP contribution in [0.5, 0.6) is 0 Å². The van der Waals surface area contributed by atoms with Crippen molar-refractivity contribution in [1.29, 1.82) is 0 Å². The molecule has 0 bridgehead atoms. The quantitative estimate of drug-likeness (QED) is 0.0559. The Morgan fingerprint density at radius 3 is 1.06 bits per heavy atom. The molecule has 1 aromatic heterocycles. The van der Waals surface area contributed by atoms with Gasteiger partial charge in [-0.3, -0.25) is 0 Å². The van der Waals surface area contributed by atoms with Crippen molar-refractivity contribution in [3.8, 4) is 11.4 Å². The monoisotopic (exact) mass is 1060 g/mol. The number of benzene rings is 6. The van der Waals surface area contributed by atoms with E-state index in [0.29, 0.717) is 23.7 Å². The van der Waals surface area contributed by atoms with Crippen molar-refractivity contribution in [1.82, 2.24) is 4.57 Å². The van der Waals surface area contributed by atoms with Crippen molar-refractivity contribution in [3.63, 3.8) is 0 Å². The molecule has 0 fully saturated rings. The Morgan fingerprint density at radius 2 is 0.746 bits per heavy atom. The van der Waals surface area contributed by atoms with Crippen LogP contribution >= 0.6 is 0 Å². The molecular formula is C63H76BIrN2-. The number of imidazole rings is 1. The number of hydrogen-bond acceptors (Lipinski definition) is 0. The predicted octanol–water partition coefficient (Wildman–Crippen LogP) is 14.0. The molecule has 1 radical (unpaired) electrons. The number of aryl methyl sites for hydroxylation is 4. The first-order chi connectivity index (χ1) is 31.7. The van der Waals surface area contributed by atoms with E-state index in [1.165, 1.54) is 104 Å². The van der Waals surface area contributed by atoms with Crippen molar-refractivity contribution in [2.45, 2.75) is 132 Å². The van der Waals surface area contributed by atoms with Crippen LogP contribution in [0.2, 0.25) is 0 Å². The van der Waals surface area contributed by atoms with Gasteiger partial charge in [0.25, 0.3) is 6.33 Å².